The SMILES string of the molecule is N=C(c1ccc(OC2CCN(CC(O)C(F)(F)F)CC2)cc1)c1cc(C(=O)NC(c2ccsc2)C2CC2)ccc1N. The number of rotatable bonds is 10. The van der Waals surface area contributed by atoms with E-state index in [1.807, 2.05) is 11.4 Å². The monoisotopic (exact) mass is 586 g/mol. The van der Waals surface area contributed by atoms with Gasteiger partial charge >= 0.3 is 6.18 Å². The van der Waals surface area contributed by atoms with Gasteiger partial charge in [-0.15, -0.1) is 0 Å². The van der Waals surface area contributed by atoms with Gasteiger partial charge in [0.25, 0.3) is 5.91 Å². The second kappa shape index (κ2) is 12.2. The van der Waals surface area contributed by atoms with Crippen molar-refractivity contribution in [2.24, 2.45) is 5.92 Å². The summed E-state index contributed by atoms with van der Waals surface area (Å²) in [6, 6.07) is 14.0. The van der Waals surface area contributed by atoms with E-state index in [4.69, 9.17) is 15.9 Å². The van der Waals surface area contributed by atoms with Gasteiger partial charge < -0.3 is 25.8 Å². The molecular formula is C30H33F3N4O3S. The Labute approximate surface area is 240 Å². The van der Waals surface area contributed by atoms with Crippen LogP contribution in [0.3, 0.4) is 0 Å². The molecule has 1 aliphatic heterocycles. The number of nitrogen functional groups attached to an aromatic ring is 1. The molecular weight excluding hydrogens is 553 g/mol. The largest absolute Gasteiger partial charge is 0.490 e. The van der Waals surface area contributed by atoms with Crippen molar-refractivity contribution in [3.8, 4) is 5.75 Å². The van der Waals surface area contributed by atoms with Gasteiger partial charge in [0.2, 0.25) is 0 Å². The minimum absolute atomic E-state index is 0.0273. The lowest BCUT2D eigenvalue weighted by Gasteiger charge is -2.33. The first-order valence-corrected chi connectivity index (χ1v) is 14.6. The number of benzene rings is 2. The van der Waals surface area contributed by atoms with Crippen molar-refractivity contribution in [3.05, 3.63) is 81.5 Å². The van der Waals surface area contributed by atoms with Crippen LogP contribution >= 0.6 is 11.3 Å². The maximum absolute atomic E-state index is 13.2. The molecule has 7 nitrogen and oxygen atoms in total. The van der Waals surface area contributed by atoms with Crippen molar-refractivity contribution in [1.29, 1.82) is 5.41 Å². The number of alkyl halides is 3. The minimum atomic E-state index is -4.62. The predicted octanol–water partition coefficient (Wildman–Crippen LogP) is 5.39. The second-order valence-electron chi connectivity index (χ2n) is 10.7. The Balaban J connectivity index is 1.18. The van der Waals surface area contributed by atoms with Gasteiger partial charge in [0.05, 0.1) is 11.8 Å². The van der Waals surface area contributed by atoms with Crippen LogP contribution in [-0.2, 0) is 0 Å². The van der Waals surface area contributed by atoms with E-state index in [1.165, 1.54) is 0 Å². The van der Waals surface area contributed by atoms with Crippen LogP contribution in [0.5, 0.6) is 5.75 Å². The summed E-state index contributed by atoms with van der Waals surface area (Å²) in [7, 11) is 0. The third kappa shape index (κ3) is 7.27. The van der Waals surface area contributed by atoms with E-state index in [0.29, 0.717) is 60.0 Å². The Morgan fingerprint density at radius 1 is 1.10 bits per heavy atom. The highest BCUT2D eigenvalue weighted by molar-refractivity contribution is 7.08. The number of halogens is 3. The van der Waals surface area contributed by atoms with E-state index in [9.17, 15) is 23.1 Å². The summed E-state index contributed by atoms with van der Waals surface area (Å²) in [5, 5.41) is 25.3. The number of nitrogens with one attached hydrogen (secondary N) is 2. The highest BCUT2D eigenvalue weighted by atomic mass is 32.1. The zero-order valence-electron chi connectivity index (χ0n) is 22.4. The van der Waals surface area contributed by atoms with E-state index >= 15 is 0 Å². The number of carbonyl (C=O) groups is 1. The molecule has 1 saturated carbocycles. The first-order valence-electron chi connectivity index (χ1n) is 13.6. The van der Waals surface area contributed by atoms with Crippen LogP contribution in [0.4, 0.5) is 18.9 Å². The number of hydrogen-bond donors (Lipinski definition) is 4. The molecule has 2 aromatic carbocycles. The average Bonchev–Trinajstić information content (AvgIpc) is 3.65. The molecule has 2 fully saturated rings. The molecule has 0 radical (unpaired) electrons. The number of aliphatic hydroxyl groups excluding tert-OH is 1. The van der Waals surface area contributed by atoms with Gasteiger partial charge in [-0.1, -0.05) is 0 Å². The van der Waals surface area contributed by atoms with Crippen LogP contribution < -0.4 is 15.8 Å². The molecule has 5 N–H and O–H groups in total. The lowest BCUT2D eigenvalue weighted by Crippen LogP contribution is -2.45. The van der Waals surface area contributed by atoms with Crippen molar-refractivity contribution in [2.75, 3.05) is 25.4 Å². The zero-order chi connectivity index (χ0) is 29.1. The summed E-state index contributed by atoms with van der Waals surface area (Å²) < 4.78 is 43.9. The Kier molecular flexibility index (Phi) is 8.67. The lowest BCUT2D eigenvalue weighted by atomic mass is 9.98. The van der Waals surface area contributed by atoms with Gasteiger partial charge in [0.1, 0.15) is 11.9 Å². The Morgan fingerprint density at radius 3 is 2.39 bits per heavy atom. The van der Waals surface area contributed by atoms with Crippen LogP contribution in [0.25, 0.3) is 0 Å². The van der Waals surface area contributed by atoms with Crippen molar-refractivity contribution >= 4 is 28.6 Å². The second-order valence-corrected chi connectivity index (χ2v) is 11.5. The fourth-order valence-corrected chi connectivity index (χ4v) is 5.80. The summed E-state index contributed by atoms with van der Waals surface area (Å²) in [5.41, 5.74) is 9.39. The number of nitrogens with zero attached hydrogens (tertiary/aromatic N) is 1. The molecule has 3 aromatic rings. The predicted molar refractivity (Wildman–Crippen MR) is 153 cm³/mol. The van der Waals surface area contributed by atoms with Crippen LogP contribution in [0.1, 0.15) is 58.8 Å². The number of anilines is 1. The number of thiophene rings is 1. The van der Waals surface area contributed by atoms with Crippen molar-refractivity contribution in [1.82, 2.24) is 10.2 Å². The topological polar surface area (TPSA) is 112 Å². The molecule has 0 bridgehead atoms. The Morgan fingerprint density at radius 2 is 1.78 bits per heavy atom. The quantitative estimate of drug-likeness (QED) is 0.188. The number of carbonyl (C=O) groups excluding carboxylic acids is 1. The van der Waals surface area contributed by atoms with E-state index < -0.39 is 18.8 Å². The highest BCUT2D eigenvalue weighted by Gasteiger charge is 2.39. The summed E-state index contributed by atoms with van der Waals surface area (Å²) in [4.78, 5) is 14.7. The van der Waals surface area contributed by atoms with E-state index in [2.05, 4.69) is 10.7 Å². The number of likely N-dealkylation sites (tertiary alicyclic amines) is 1. The summed E-state index contributed by atoms with van der Waals surface area (Å²) in [5.74, 6) is 0.830. The third-order valence-electron chi connectivity index (χ3n) is 7.66. The van der Waals surface area contributed by atoms with Gasteiger partial charge in [0.15, 0.2) is 6.10 Å². The van der Waals surface area contributed by atoms with Crippen LogP contribution in [0.15, 0.2) is 59.3 Å². The molecule has 1 saturated heterocycles. The molecule has 2 heterocycles. The Hall–Kier alpha value is -3.41. The first kappa shape index (κ1) is 29.1. The van der Waals surface area contributed by atoms with Crippen LogP contribution in [0, 0.1) is 11.3 Å². The smallest absolute Gasteiger partial charge is 0.415 e. The minimum Gasteiger partial charge on any atom is -0.490 e. The molecule has 0 spiro atoms. The molecule has 41 heavy (non-hydrogen) atoms. The molecule has 1 aliphatic carbocycles. The highest BCUT2D eigenvalue weighted by Crippen LogP contribution is 2.41. The average molecular weight is 587 g/mol. The first-order chi connectivity index (χ1) is 19.6. The van der Waals surface area contributed by atoms with E-state index in [1.54, 1.807) is 58.7 Å². The standard InChI is InChI=1S/C30H33F3N4O3S/c31-30(32,33)26(38)16-37-12-9-23(10-13-37)40-22-6-3-18(4-7-22)27(35)24-15-20(5-8-25(24)34)29(39)36-28(19-1-2-19)21-11-14-41-17-21/h3-8,11,14-15,17,19,23,26,28,35,38H,1-2,9-10,12-13,16,34H2,(H,36,39). The number of nitrogens with two attached hydrogens (primary N) is 1. The van der Waals surface area contributed by atoms with Crippen LogP contribution in [-0.4, -0.2) is 59.6 Å². The van der Waals surface area contributed by atoms with Crippen molar-refractivity contribution < 1.29 is 27.8 Å². The molecule has 2 atom stereocenters. The van der Waals surface area contributed by atoms with Crippen LogP contribution in [0.2, 0.25) is 0 Å². The lowest BCUT2D eigenvalue weighted by molar-refractivity contribution is -0.208. The fourth-order valence-electron chi connectivity index (χ4n) is 5.10. The van der Waals surface area contributed by atoms with Crippen molar-refractivity contribution in [3.63, 3.8) is 0 Å². The van der Waals surface area contributed by atoms with Gasteiger partial charge in [0, 0.05) is 42.0 Å². The van der Waals surface area contributed by atoms with E-state index in [0.717, 1.165) is 18.4 Å². The number of piperidine rings is 1. The van der Waals surface area contributed by atoms with Gasteiger partial charge in [-0.3, -0.25) is 10.2 Å². The number of hydrogen-bond acceptors (Lipinski definition) is 7. The number of β-amino-alcohol motifs (C(OH)–C–C–N with tert-alkyl or cyclic N) is 1. The van der Waals surface area contributed by atoms with E-state index in [-0.39, 0.29) is 23.8 Å². The number of amides is 1. The normalized spacial score (nSPS) is 18.0. The summed E-state index contributed by atoms with van der Waals surface area (Å²) >= 11 is 1.61. The maximum Gasteiger partial charge on any atom is 0.415 e. The van der Waals surface area contributed by atoms with Crippen molar-refractivity contribution in [2.45, 2.75) is 50.1 Å². The molecule has 1 aromatic heterocycles. The zero-order valence-corrected chi connectivity index (χ0v) is 23.2. The number of aliphatic hydroxyl groups is 1. The summed E-state index contributed by atoms with van der Waals surface area (Å²) in [6.07, 6.45) is -3.86. The fraction of sp³-hybridized carbons (Fsp3) is 0.400. The molecule has 2 unspecified atom stereocenters. The third-order valence-corrected chi connectivity index (χ3v) is 8.36. The molecule has 2 aliphatic rings. The molecule has 5 rings (SSSR count). The van der Waals surface area contributed by atoms with Gasteiger partial charge in [-0.2, -0.15) is 24.5 Å². The van der Waals surface area contributed by atoms with Gasteiger partial charge in [-0.05, 0) is 96.5 Å². The maximum atomic E-state index is 13.2. The molecule has 1 amide bonds. The number of ether oxygens (including phenoxy) is 1. The molecule has 11 heteroatoms. The van der Waals surface area contributed by atoms with Gasteiger partial charge in [-0.25, -0.2) is 0 Å². The molecule has 218 valence electrons. The summed E-state index contributed by atoms with van der Waals surface area (Å²) in [6.45, 7) is 0.367. The Bertz CT molecular complexity index is 1350.